The van der Waals surface area contributed by atoms with Crippen molar-refractivity contribution < 1.29 is 0 Å². The summed E-state index contributed by atoms with van der Waals surface area (Å²) in [6.45, 7) is 0.746. The smallest absolute Gasteiger partial charge is 0.156 e. The molecule has 3 nitrogen and oxygen atoms in total. The molecule has 0 bridgehead atoms. The van der Waals surface area contributed by atoms with Crippen molar-refractivity contribution in [3.8, 4) is 0 Å². The van der Waals surface area contributed by atoms with Crippen molar-refractivity contribution in [2.24, 2.45) is 0 Å². The van der Waals surface area contributed by atoms with Crippen molar-refractivity contribution in [2.45, 2.75) is 6.54 Å². The van der Waals surface area contributed by atoms with E-state index in [1.54, 1.807) is 12.3 Å². The van der Waals surface area contributed by atoms with Gasteiger partial charge in [-0.05, 0) is 11.6 Å². The molecule has 0 unspecified atom stereocenters. The molecule has 14 heavy (non-hydrogen) atoms. The first-order valence-electron chi connectivity index (χ1n) is 4.42. The number of rotatable bonds is 3. The highest BCUT2D eigenvalue weighted by Gasteiger charge is 1.93. The second-order valence-corrected chi connectivity index (χ2v) is 2.86. The first kappa shape index (κ1) is 8.69. The molecule has 0 saturated carbocycles. The van der Waals surface area contributed by atoms with Crippen LogP contribution in [0.2, 0.25) is 0 Å². The maximum Gasteiger partial charge on any atom is 0.156 e. The summed E-state index contributed by atoms with van der Waals surface area (Å²) >= 11 is 0. The minimum absolute atomic E-state index is 0.677. The summed E-state index contributed by atoms with van der Waals surface area (Å²) in [5.74, 6) is 0.677. The molecule has 1 aromatic carbocycles. The van der Waals surface area contributed by atoms with Crippen LogP contribution in [0.5, 0.6) is 0 Å². The minimum atomic E-state index is 0.677. The van der Waals surface area contributed by atoms with E-state index in [1.165, 1.54) is 5.56 Å². The topological polar surface area (TPSA) is 37.8 Å². The predicted octanol–water partition coefficient (Wildman–Crippen LogP) is 1.89. The highest BCUT2D eigenvalue weighted by molar-refractivity contribution is 5.31. The monoisotopic (exact) mass is 184 g/mol. The Kier molecular flexibility index (Phi) is 2.71. The molecular weight excluding hydrogens is 174 g/mol. The molecule has 3 heteroatoms. The van der Waals surface area contributed by atoms with E-state index < -0.39 is 0 Å². The van der Waals surface area contributed by atoms with E-state index in [0.717, 1.165) is 6.54 Å². The Morgan fingerprint density at radius 2 is 2.07 bits per heavy atom. The number of anilines is 1. The molecule has 1 heterocycles. The fourth-order valence-corrected chi connectivity index (χ4v) is 1.14. The van der Waals surface area contributed by atoms with Gasteiger partial charge in [0.25, 0.3) is 0 Å². The van der Waals surface area contributed by atoms with E-state index >= 15 is 0 Å². The second-order valence-electron chi connectivity index (χ2n) is 2.86. The van der Waals surface area contributed by atoms with E-state index in [2.05, 4.69) is 33.7 Å². The van der Waals surface area contributed by atoms with Gasteiger partial charge in [0.2, 0.25) is 0 Å². The minimum Gasteiger partial charge on any atom is -0.364 e. The van der Waals surface area contributed by atoms with Gasteiger partial charge in [-0.1, -0.05) is 30.3 Å². The van der Waals surface area contributed by atoms with Crippen molar-refractivity contribution >= 4 is 5.82 Å². The molecule has 0 spiro atoms. The Morgan fingerprint density at radius 1 is 1.21 bits per heavy atom. The molecule has 1 aromatic heterocycles. The summed E-state index contributed by atoms with van der Waals surface area (Å²) < 4.78 is 0. The van der Waals surface area contributed by atoms with Crippen LogP contribution in [0.15, 0.2) is 42.6 Å². The van der Waals surface area contributed by atoms with Crippen molar-refractivity contribution in [1.82, 2.24) is 10.2 Å². The van der Waals surface area contributed by atoms with Crippen molar-refractivity contribution in [2.75, 3.05) is 5.32 Å². The van der Waals surface area contributed by atoms with Crippen molar-refractivity contribution in [3.63, 3.8) is 0 Å². The lowest BCUT2D eigenvalue weighted by Gasteiger charge is -2.03. The molecule has 2 rings (SSSR count). The lowest BCUT2D eigenvalue weighted by atomic mass is 10.2. The maximum atomic E-state index is 3.88. The van der Waals surface area contributed by atoms with Gasteiger partial charge in [-0.3, -0.25) is 0 Å². The van der Waals surface area contributed by atoms with E-state index in [4.69, 9.17) is 0 Å². The first-order chi connectivity index (χ1) is 6.95. The second kappa shape index (κ2) is 4.37. The van der Waals surface area contributed by atoms with Crippen LogP contribution in [0.25, 0.3) is 0 Å². The number of nitrogens with one attached hydrogen (secondary N) is 1. The van der Waals surface area contributed by atoms with Crippen LogP contribution in [0, 0.1) is 6.07 Å². The maximum absolute atomic E-state index is 3.88. The fraction of sp³-hybridized carbons (Fsp3) is 0.0909. The van der Waals surface area contributed by atoms with Gasteiger partial charge in [0.15, 0.2) is 5.82 Å². The van der Waals surface area contributed by atoms with Crippen molar-refractivity contribution in [3.05, 3.63) is 54.2 Å². The molecule has 2 aromatic rings. The average molecular weight is 184 g/mol. The number of hydrogen-bond acceptors (Lipinski definition) is 3. The van der Waals surface area contributed by atoms with Gasteiger partial charge in [-0.25, -0.2) is 0 Å². The van der Waals surface area contributed by atoms with Gasteiger partial charge in [-0.2, -0.15) is 5.10 Å². The molecule has 0 aliphatic rings. The third kappa shape index (κ3) is 2.29. The summed E-state index contributed by atoms with van der Waals surface area (Å²) in [5.41, 5.74) is 1.21. The molecule has 0 amide bonds. The summed E-state index contributed by atoms with van der Waals surface area (Å²) in [5, 5.41) is 10.8. The van der Waals surface area contributed by atoms with Gasteiger partial charge in [0, 0.05) is 12.6 Å². The molecule has 0 atom stereocenters. The highest BCUT2D eigenvalue weighted by atomic mass is 15.2. The largest absolute Gasteiger partial charge is 0.364 e. The Hall–Kier alpha value is -1.90. The molecule has 0 aliphatic carbocycles. The average Bonchev–Trinajstić information content (AvgIpc) is 2.29. The van der Waals surface area contributed by atoms with Crippen LogP contribution in [0.4, 0.5) is 5.82 Å². The third-order valence-corrected chi connectivity index (χ3v) is 1.82. The van der Waals surface area contributed by atoms with Gasteiger partial charge >= 0.3 is 0 Å². The van der Waals surface area contributed by atoms with Crippen LogP contribution in [0.3, 0.4) is 0 Å². The summed E-state index contributed by atoms with van der Waals surface area (Å²) in [7, 11) is 0. The van der Waals surface area contributed by atoms with Gasteiger partial charge < -0.3 is 5.32 Å². The van der Waals surface area contributed by atoms with Crippen LogP contribution < -0.4 is 5.32 Å². The van der Waals surface area contributed by atoms with Crippen LogP contribution in [-0.4, -0.2) is 10.2 Å². The number of hydrogen-bond donors (Lipinski definition) is 1. The first-order valence-corrected chi connectivity index (χ1v) is 4.42. The van der Waals surface area contributed by atoms with E-state index in [0.29, 0.717) is 5.82 Å². The molecule has 0 saturated heterocycles. The van der Waals surface area contributed by atoms with E-state index in [1.807, 2.05) is 18.2 Å². The number of aromatic nitrogens is 2. The van der Waals surface area contributed by atoms with Crippen LogP contribution in [-0.2, 0) is 6.54 Å². The lowest BCUT2D eigenvalue weighted by Crippen LogP contribution is -2.01. The zero-order chi connectivity index (χ0) is 9.64. The van der Waals surface area contributed by atoms with Gasteiger partial charge in [0.05, 0.1) is 6.20 Å². The van der Waals surface area contributed by atoms with Crippen LogP contribution >= 0.6 is 0 Å². The zero-order valence-corrected chi connectivity index (χ0v) is 7.64. The highest BCUT2D eigenvalue weighted by Crippen LogP contribution is 2.02. The Bertz CT molecular complexity index is 333. The zero-order valence-electron chi connectivity index (χ0n) is 7.64. The normalized spacial score (nSPS) is 9.71. The van der Waals surface area contributed by atoms with Crippen LogP contribution in [0.1, 0.15) is 5.56 Å². The Balaban J connectivity index is 1.96. The summed E-state index contributed by atoms with van der Waals surface area (Å²) in [6, 6.07) is 14.8. The fourth-order valence-electron chi connectivity index (χ4n) is 1.14. The van der Waals surface area contributed by atoms with Crippen molar-refractivity contribution in [1.29, 1.82) is 0 Å². The standard InChI is InChI=1S/C11H10N3/c1-2-5-10(6-3-1)9-12-11-7-4-8-13-14-11/h1-6,8H,9H2,(H,12,14). The molecule has 1 N–H and O–H groups in total. The Morgan fingerprint density at radius 3 is 2.79 bits per heavy atom. The number of benzene rings is 1. The molecule has 0 aliphatic heterocycles. The molecule has 0 fully saturated rings. The Labute approximate surface area is 82.8 Å². The predicted molar refractivity (Wildman–Crippen MR) is 54.6 cm³/mol. The number of nitrogens with zero attached hydrogens (tertiary/aromatic N) is 2. The van der Waals surface area contributed by atoms with Gasteiger partial charge in [0.1, 0.15) is 0 Å². The lowest BCUT2D eigenvalue weighted by molar-refractivity contribution is 0.998. The van der Waals surface area contributed by atoms with E-state index in [9.17, 15) is 0 Å². The summed E-state index contributed by atoms with van der Waals surface area (Å²) in [6.07, 6.45) is 1.60. The van der Waals surface area contributed by atoms with Gasteiger partial charge in [-0.15, -0.1) is 5.10 Å². The molecule has 69 valence electrons. The van der Waals surface area contributed by atoms with E-state index in [-0.39, 0.29) is 0 Å². The SMILES string of the molecule is [c]1ccnnc1NCc1ccccc1. The summed E-state index contributed by atoms with van der Waals surface area (Å²) in [4.78, 5) is 0. The quantitative estimate of drug-likeness (QED) is 0.791. The third-order valence-electron chi connectivity index (χ3n) is 1.82. The molecular formula is C11H10N3. The molecule has 1 radical (unpaired) electrons.